The molecule has 4 nitrogen and oxygen atoms in total. The van der Waals surface area contributed by atoms with E-state index in [1.54, 1.807) is 0 Å². The Morgan fingerprint density at radius 2 is 2.14 bits per heavy atom. The van der Waals surface area contributed by atoms with Gasteiger partial charge in [-0.3, -0.25) is 0 Å². The summed E-state index contributed by atoms with van der Waals surface area (Å²) < 4.78 is 1.95. The van der Waals surface area contributed by atoms with Gasteiger partial charge >= 0.3 is 0 Å². The highest BCUT2D eigenvalue weighted by molar-refractivity contribution is 5.48. The average molecular weight is 190 g/mol. The standard InChI is InChI=1S/C10H14N4/c11-5-1-2-9-7-14-6-8(12)3-4-10(14)13-9/h3-4,6-7H,1-2,5,11-12H2. The van der Waals surface area contributed by atoms with Gasteiger partial charge in [-0.1, -0.05) is 0 Å². The first-order valence-corrected chi connectivity index (χ1v) is 4.73. The molecule has 2 rings (SSSR count). The minimum atomic E-state index is 0.704. The van der Waals surface area contributed by atoms with Gasteiger partial charge in [0.2, 0.25) is 0 Å². The summed E-state index contributed by atoms with van der Waals surface area (Å²) in [6.07, 6.45) is 5.77. The monoisotopic (exact) mass is 190 g/mol. The van der Waals surface area contributed by atoms with Crippen molar-refractivity contribution >= 4 is 11.3 Å². The van der Waals surface area contributed by atoms with Crippen molar-refractivity contribution in [3.8, 4) is 0 Å². The maximum absolute atomic E-state index is 5.66. The van der Waals surface area contributed by atoms with Gasteiger partial charge in [0.25, 0.3) is 0 Å². The van der Waals surface area contributed by atoms with Gasteiger partial charge in [0, 0.05) is 18.1 Å². The average Bonchev–Trinajstić information content (AvgIpc) is 2.56. The number of hydrogen-bond acceptors (Lipinski definition) is 3. The number of imidazole rings is 1. The molecule has 0 bridgehead atoms. The van der Waals surface area contributed by atoms with E-state index in [0.29, 0.717) is 6.54 Å². The van der Waals surface area contributed by atoms with Crippen LogP contribution in [0.4, 0.5) is 5.69 Å². The van der Waals surface area contributed by atoms with E-state index in [-0.39, 0.29) is 0 Å². The Morgan fingerprint density at radius 3 is 2.93 bits per heavy atom. The van der Waals surface area contributed by atoms with Crippen molar-refractivity contribution in [3.05, 3.63) is 30.2 Å². The Balaban J connectivity index is 2.32. The highest BCUT2D eigenvalue weighted by atomic mass is 15.0. The van der Waals surface area contributed by atoms with Gasteiger partial charge in [0.05, 0.1) is 5.69 Å². The second-order valence-corrected chi connectivity index (χ2v) is 3.35. The van der Waals surface area contributed by atoms with E-state index >= 15 is 0 Å². The molecule has 2 aromatic rings. The number of hydrogen-bond donors (Lipinski definition) is 2. The molecule has 0 saturated carbocycles. The van der Waals surface area contributed by atoms with Crippen molar-refractivity contribution in [2.24, 2.45) is 5.73 Å². The van der Waals surface area contributed by atoms with Gasteiger partial charge < -0.3 is 15.9 Å². The fourth-order valence-electron chi connectivity index (χ4n) is 1.47. The molecule has 0 amide bonds. The smallest absolute Gasteiger partial charge is 0.137 e. The van der Waals surface area contributed by atoms with Crippen molar-refractivity contribution < 1.29 is 0 Å². The highest BCUT2D eigenvalue weighted by Gasteiger charge is 2.00. The van der Waals surface area contributed by atoms with Crippen LogP contribution in [-0.2, 0) is 6.42 Å². The lowest BCUT2D eigenvalue weighted by Gasteiger charge is -1.93. The Morgan fingerprint density at radius 1 is 1.29 bits per heavy atom. The van der Waals surface area contributed by atoms with E-state index in [1.165, 1.54) is 0 Å². The number of aryl methyl sites for hydroxylation is 1. The van der Waals surface area contributed by atoms with Crippen LogP contribution in [-0.4, -0.2) is 15.9 Å². The van der Waals surface area contributed by atoms with E-state index in [0.717, 1.165) is 29.9 Å². The molecule has 14 heavy (non-hydrogen) atoms. The van der Waals surface area contributed by atoms with E-state index in [4.69, 9.17) is 11.5 Å². The Bertz CT molecular complexity index is 433. The van der Waals surface area contributed by atoms with Crippen LogP contribution >= 0.6 is 0 Å². The predicted molar refractivity (Wildman–Crippen MR) is 57.0 cm³/mol. The Hall–Kier alpha value is -1.55. The van der Waals surface area contributed by atoms with Gasteiger partial charge in [-0.15, -0.1) is 0 Å². The number of nitrogen functional groups attached to an aromatic ring is 1. The highest BCUT2D eigenvalue weighted by Crippen LogP contribution is 2.09. The second-order valence-electron chi connectivity index (χ2n) is 3.35. The Kier molecular flexibility index (Phi) is 2.37. The van der Waals surface area contributed by atoms with Gasteiger partial charge in [0.1, 0.15) is 5.65 Å². The molecule has 0 aromatic carbocycles. The molecule has 4 heteroatoms. The topological polar surface area (TPSA) is 69.3 Å². The number of pyridine rings is 1. The van der Waals surface area contributed by atoms with Crippen LogP contribution in [0.5, 0.6) is 0 Å². The number of rotatable bonds is 3. The van der Waals surface area contributed by atoms with Crippen molar-refractivity contribution in [2.45, 2.75) is 12.8 Å². The van der Waals surface area contributed by atoms with E-state index in [1.807, 2.05) is 28.9 Å². The summed E-state index contributed by atoms with van der Waals surface area (Å²) in [5.74, 6) is 0. The molecule has 0 aliphatic carbocycles. The SMILES string of the molecule is NCCCc1cn2cc(N)ccc2n1. The normalized spacial score (nSPS) is 10.9. The molecule has 0 unspecified atom stereocenters. The molecule has 2 heterocycles. The van der Waals surface area contributed by atoms with Crippen molar-refractivity contribution in [1.82, 2.24) is 9.38 Å². The minimum absolute atomic E-state index is 0.704. The van der Waals surface area contributed by atoms with Crippen LogP contribution < -0.4 is 11.5 Å². The molecule has 4 N–H and O–H groups in total. The molecule has 74 valence electrons. The summed E-state index contributed by atoms with van der Waals surface area (Å²) in [6.45, 7) is 0.704. The zero-order chi connectivity index (χ0) is 9.97. The number of nitrogens with two attached hydrogens (primary N) is 2. The van der Waals surface area contributed by atoms with Crippen LogP contribution in [0.2, 0.25) is 0 Å². The number of anilines is 1. The molecule has 0 aliphatic heterocycles. The molecule has 0 radical (unpaired) electrons. The molecule has 0 aliphatic rings. The van der Waals surface area contributed by atoms with Crippen LogP contribution in [0.25, 0.3) is 5.65 Å². The molecule has 0 fully saturated rings. The first-order valence-electron chi connectivity index (χ1n) is 4.73. The lowest BCUT2D eigenvalue weighted by molar-refractivity contribution is 0.816. The first-order chi connectivity index (χ1) is 6.79. The molecular formula is C10H14N4. The van der Waals surface area contributed by atoms with Gasteiger partial charge in [-0.05, 0) is 31.5 Å². The van der Waals surface area contributed by atoms with Crippen LogP contribution in [0, 0.1) is 0 Å². The second kappa shape index (κ2) is 3.67. The van der Waals surface area contributed by atoms with E-state index in [9.17, 15) is 0 Å². The third-order valence-electron chi connectivity index (χ3n) is 2.16. The largest absolute Gasteiger partial charge is 0.398 e. The van der Waals surface area contributed by atoms with E-state index < -0.39 is 0 Å². The third kappa shape index (κ3) is 1.70. The van der Waals surface area contributed by atoms with Gasteiger partial charge in [-0.2, -0.15) is 0 Å². The number of nitrogens with zero attached hydrogens (tertiary/aromatic N) is 2. The lowest BCUT2D eigenvalue weighted by Crippen LogP contribution is -2.00. The third-order valence-corrected chi connectivity index (χ3v) is 2.16. The molecule has 0 spiro atoms. The summed E-state index contributed by atoms with van der Waals surface area (Å²) in [7, 11) is 0. The summed E-state index contributed by atoms with van der Waals surface area (Å²) in [5, 5.41) is 0. The van der Waals surface area contributed by atoms with Crippen molar-refractivity contribution in [3.63, 3.8) is 0 Å². The first kappa shape index (κ1) is 9.02. The van der Waals surface area contributed by atoms with Crippen LogP contribution in [0.15, 0.2) is 24.5 Å². The summed E-state index contributed by atoms with van der Waals surface area (Å²) in [5.41, 5.74) is 13.9. The van der Waals surface area contributed by atoms with Gasteiger partial charge in [0.15, 0.2) is 0 Å². The molecule has 2 aromatic heterocycles. The van der Waals surface area contributed by atoms with Crippen molar-refractivity contribution in [1.29, 1.82) is 0 Å². The maximum Gasteiger partial charge on any atom is 0.137 e. The van der Waals surface area contributed by atoms with Crippen LogP contribution in [0.1, 0.15) is 12.1 Å². The Labute approximate surface area is 82.5 Å². The van der Waals surface area contributed by atoms with Gasteiger partial charge in [-0.25, -0.2) is 4.98 Å². The van der Waals surface area contributed by atoms with Crippen molar-refractivity contribution in [2.75, 3.05) is 12.3 Å². The lowest BCUT2D eigenvalue weighted by atomic mass is 10.2. The quantitative estimate of drug-likeness (QED) is 0.752. The van der Waals surface area contributed by atoms with E-state index in [2.05, 4.69) is 4.98 Å². The zero-order valence-electron chi connectivity index (χ0n) is 7.98. The molecular weight excluding hydrogens is 176 g/mol. The summed E-state index contributed by atoms with van der Waals surface area (Å²) >= 11 is 0. The van der Waals surface area contributed by atoms with Crippen LogP contribution in [0.3, 0.4) is 0 Å². The fourth-order valence-corrected chi connectivity index (χ4v) is 1.47. The number of aromatic nitrogens is 2. The molecule has 0 atom stereocenters. The summed E-state index contributed by atoms with van der Waals surface area (Å²) in [4.78, 5) is 4.44. The zero-order valence-corrected chi connectivity index (χ0v) is 7.98. The predicted octanol–water partition coefficient (Wildman–Crippen LogP) is 0.808. The molecule has 0 saturated heterocycles. The maximum atomic E-state index is 5.66. The summed E-state index contributed by atoms with van der Waals surface area (Å²) in [6, 6.07) is 3.77. The minimum Gasteiger partial charge on any atom is -0.398 e. The number of fused-ring (bicyclic) bond motifs is 1. The fraction of sp³-hybridized carbons (Fsp3) is 0.300.